The van der Waals surface area contributed by atoms with Gasteiger partial charge in [-0.05, 0) is 23.9 Å². The minimum Gasteiger partial charge on any atom is -0.478 e. The first-order valence-electron chi connectivity index (χ1n) is 6.34. The second-order valence-corrected chi connectivity index (χ2v) is 5.39. The van der Waals surface area contributed by atoms with Crippen molar-refractivity contribution in [3.63, 3.8) is 0 Å². The summed E-state index contributed by atoms with van der Waals surface area (Å²) < 4.78 is 0. The van der Waals surface area contributed by atoms with Crippen LogP contribution in [0, 0.1) is 10.1 Å². The molecule has 0 saturated heterocycles. The maximum Gasteiger partial charge on any atom is 0.337 e. The van der Waals surface area contributed by atoms with Crippen molar-refractivity contribution in [1.29, 1.82) is 0 Å². The highest BCUT2D eigenvalue weighted by molar-refractivity contribution is 7.10. The average molecular weight is 306 g/mol. The van der Waals surface area contributed by atoms with Crippen molar-refractivity contribution in [2.45, 2.75) is 19.4 Å². The predicted octanol–water partition coefficient (Wildman–Crippen LogP) is 3.92. The van der Waals surface area contributed by atoms with Crippen molar-refractivity contribution in [2.75, 3.05) is 5.32 Å². The Morgan fingerprint density at radius 1 is 1.48 bits per heavy atom. The van der Waals surface area contributed by atoms with E-state index in [0.29, 0.717) is 0 Å². The third-order valence-corrected chi connectivity index (χ3v) is 4.05. The van der Waals surface area contributed by atoms with Gasteiger partial charge < -0.3 is 10.4 Å². The minimum atomic E-state index is -1.12. The molecule has 6 nitrogen and oxygen atoms in total. The number of carbonyl (C=O) groups is 1. The summed E-state index contributed by atoms with van der Waals surface area (Å²) in [5, 5.41) is 25.1. The van der Waals surface area contributed by atoms with Crippen molar-refractivity contribution in [3.8, 4) is 0 Å². The van der Waals surface area contributed by atoms with Gasteiger partial charge in [-0.3, -0.25) is 10.1 Å². The number of hydrogen-bond acceptors (Lipinski definition) is 5. The molecule has 21 heavy (non-hydrogen) atoms. The molecule has 7 heteroatoms. The number of hydrogen-bond donors (Lipinski definition) is 2. The molecule has 0 aliphatic rings. The molecular weight excluding hydrogens is 292 g/mol. The summed E-state index contributed by atoms with van der Waals surface area (Å²) in [6, 6.07) is 7.49. The number of anilines is 1. The Bertz CT molecular complexity index is 655. The molecule has 0 fully saturated rings. The lowest BCUT2D eigenvalue weighted by molar-refractivity contribution is -0.384. The van der Waals surface area contributed by atoms with Crippen LogP contribution >= 0.6 is 11.3 Å². The number of benzene rings is 1. The number of thiophene rings is 1. The summed E-state index contributed by atoms with van der Waals surface area (Å²) >= 11 is 1.56. The van der Waals surface area contributed by atoms with E-state index in [9.17, 15) is 20.0 Å². The Morgan fingerprint density at radius 3 is 2.76 bits per heavy atom. The molecule has 1 aromatic carbocycles. The number of aromatic carboxylic acids is 1. The maximum atomic E-state index is 11.3. The van der Waals surface area contributed by atoms with Gasteiger partial charge >= 0.3 is 5.97 Å². The van der Waals surface area contributed by atoms with Crippen LogP contribution in [0.15, 0.2) is 35.7 Å². The van der Waals surface area contributed by atoms with Crippen molar-refractivity contribution in [1.82, 2.24) is 0 Å². The molecule has 0 aliphatic carbocycles. The SMILES string of the molecule is CCC(Nc1cc([N+](=O)[O-])ccc1C(=O)O)c1cccs1. The Kier molecular flexibility index (Phi) is 4.54. The van der Waals surface area contributed by atoms with Gasteiger partial charge in [-0.1, -0.05) is 13.0 Å². The van der Waals surface area contributed by atoms with E-state index in [1.165, 1.54) is 18.2 Å². The smallest absolute Gasteiger partial charge is 0.337 e. The van der Waals surface area contributed by atoms with Crippen LogP contribution in [0.4, 0.5) is 11.4 Å². The molecule has 2 N–H and O–H groups in total. The summed E-state index contributed by atoms with van der Waals surface area (Å²) in [4.78, 5) is 22.6. The summed E-state index contributed by atoms with van der Waals surface area (Å²) in [6.45, 7) is 1.97. The fourth-order valence-electron chi connectivity index (χ4n) is 2.00. The van der Waals surface area contributed by atoms with Crippen molar-refractivity contribution in [3.05, 3.63) is 56.3 Å². The first kappa shape index (κ1) is 15.0. The van der Waals surface area contributed by atoms with Crippen LogP contribution in [0.3, 0.4) is 0 Å². The number of nitro benzene ring substituents is 1. The van der Waals surface area contributed by atoms with Gasteiger partial charge in [-0.25, -0.2) is 4.79 Å². The van der Waals surface area contributed by atoms with E-state index >= 15 is 0 Å². The molecule has 1 heterocycles. The van der Waals surface area contributed by atoms with Crippen LogP contribution in [0.2, 0.25) is 0 Å². The number of non-ortho nitro benzene ring substituents is 1. The van der Waals surface area contributed by atoms with E-state index in [2.05, 4.69) is 5.32 Å². The van der Waals surface area contributed by atoms with Crippen molar-refractivity contribution >= 4 is 28.7 Å². The summed E-state index contributed by atoms with van der Waals surface area (Å²) in [7, 11) is 0. The number of nitro groups is 1. The van der Waals surface area contributed by atoms with Crippen LogP contribution in [-0.2, 0) is 0 Å². The number of carboxylic acid groups (broad SMARTS) is 1. The molecule has 2 rings (SSSR count). The van der Waals surface area contributed by atoms with Crippen LogP contribution in [0.5, 0.6) is 0 Å². The number of nitrogens with one attached hydrogen (secondary N) is 1. The molecule has 1 aromatic heterocycles. The highest BCUT2D eigenvalue weighted by atomic mass is 32.1. The van der Waals surface area contributed by atoms with Crippen LogP contribution < -0.4 is 5.32 Å². The van der Waals surface area contributed by atoms with Gasteiger partial charge in [0.25, 0.3) is 5.69 Å². The number of rotatable bonds is 6. The van der Waals surface area contributed by atoms with E-state index < -0.39 is 10.9 Å². The topological polar surface area (TPSA) is 92.5 Å². The van der Waals surface area contributed by atoms with Gasteiger partial charge in [0.1, 0.15) is 0 Å². The minimum absolute atomic E-state index is 0.0237. The standard InChI is InChI=1S/C14H14N2O4S/c1-2-11(13-4-3-7-21-13)15-12-8-9(16(19)20)5-6-10(12)14(17)18/h3-8,11,15H,2H2,1H3,(H,17,18). The average Bonchev–Trinajstić information content (AvgIpc) is 2.98. The van der Waals surface area contributed by atoms with Gasteiger partial charge in [0.15, 0.2) is 0 Å². The Morgan fingerprint density at radius 2 is 2.24 bits per heavy atom. The predicted molar refractivity (Wildman–Crippen MR) is 81.0 cm³/mol. The zero-order valence-electron chi connectivity index (χ0n) is 11.3. The number of carboxylic acids is 1. The Hall–Kier alpha value is -2.41. The molecule has 0 spiro atoms. The van der Waals surface area contributed by atoms with Gasteiger partial charge in [0.05, 0.1) is 22.2 Å². The quantitative estimate of drug-likeness (QED) is 0.623. The van der Waals surface area contributed by atoms with Gasteiger partial charge in [-0.2, -0.15) is 0 Å². The summed E-state index contributed by atoms with van der Waals surface area (Å²) in [6.07, 6.45) is 0.738. The molecule has 0 amide bonds. The van der Waals surface area contributed by atoms with Crippen LogP contribution in [0.1, 0.15) is 34.6 Å². The zero-order chi connectivity index (χ0) is 15.4. The molecular formula is C14H14N2O4S. The van der Waals surface area contributed by atoms with Gasteiger partial charge in [0, 0.05) is 17.0 Å². The third kappa shape index (κ3) is 3.38. The highest BCUT2D eigenvalue weighted by Crippen LogP contribution is 2.30. The molecule has 0 bridgehead atoms. The van der Waals surface area contributed by atoms with Crippen LogP contribution in [0.25, 0.3) is 0 Å². The van der Waals surface area contributed by atoms with E-state index in [4.69, 9.17) is 0 Å². The van der Waals surface area contributed by atoms with Gasteiger partial charge in [-0.15, -0.1) is 11.3 Å². The molecule has 1 atom stereocenters. The van der Waals surface area contributed by atoms with E-state index in [1.54, 1.807) is 11.3 Å². The fourth-order valence-corrected chi connectivity index (χ4v) is 2.86. The fraction of sp³-hybridized carbons (Fsp3) is 0.214. The summed E-state index contributed by atoms with van der Waals surface area (Å²) in [5.74, 6) is -1.12. The van der Waals surface area contributed by atoms with Crippen molar-refractivity contribution in [2.24, 2.45) is 0 Å². The lowest BCUT2D eigenvalue weighted by Crippen LogP contribution is -2.12. The van der Waals surface area contributed by atoms with E-state index in [-0.39, 0.29) is 23.0 Å². The highest BCUT2D eigenvalue weighted by Gasteiger charge is 2.18. The first-order chi connectivity index (χ1) is 10.0. The molecule has 110 valence electrons. The monoisotopic (exact) mass is 306 g/mol. The Balaban J connectivity index is 2.38. The third-order valence-electron chi connectivity index (χ3n) is 3.07. The zero-order valence-corrected chi connectivity index (χ0v) is 12.1. The summed E-state index contributed by atoms with van der Waals surface area (Å²) in [5.41, 5.74) is 0.149. The second kappa shape index (κ2) is 6.36. The van der Waals surface area contributed by atoms with Crippen LogP contribution in [-0.4, -0.2) is 16.0 Å². The Labute approximate surface area is 125 Å². The van der Waals surface area contributed by atoms with E-state index in [0.717, 1.165) is 11.3 Å². The molecule has 0 aliphatic heterocycles. The molecule has 0 radical (unpaired) electrons. The van der Waals surface area contributed by atoms with Crippen molar-refractivity contribution < 1.29 is 14.8 Å². The lowest BCUT2D eigenvalue weighted by Gasteiger charge is -2.18. The van der Waals surface area contributed by atoms with E-state index in [1.807, 2.05) is 24.4 Å². The number of nitrogens with zero attached hydrogens (tertiary/aromatic N) is 1. The molecule has 0 saturated carbocycles. The normalized spacial score (nSPS) is 11.9. The molecule has 1 unspecified atom stereocenters. The maximum absolute atomic E-state index is 11.3. The lowest BCUT2D eigenvalue weighted by atomic mass is 10.1. The largest absolute Gasteiger partial charge is 0.478 e. The molecule has 2 aromatic rings. The second-order valence-electron chi connectivity index (χ2n) is 4.41. The van der Waals surface area contributed by atoms with Gasteiger partial charge in [0.2, 0.25) is 0 Å². The first-order valence-corrected chi connectivity index (χ1v) is 7.22.